The summed E-state index contributed by atoms with van der Waals surface area (Å²) in [5.74, 6) is -0.313. The average molecular weight is 391 g/mol. The molecule has 154 valence electrons. The molecule has 1 N–H and O–H groups in total. The number of unbranched alkanes of at least 4 members (excludes halogenated alkanes) is 7. The Kier molecular flexibility index (Phi) is 12.8. The molecular formula is C19H38N2O4S. The minimum Gasteiger partial charge on any atom is -0.748 e. The van der Waals surface area contributed by atoms with Gasteiger partial charge in [0.1, 0.15) is 0 Å². The standard InChI is InChI=1S/C19H38N2O4S/c1-18(2)19(22)20-14-11-9-7-5-6-8-10-12-15-21(3,4)16-13-17-26(23,24)25/h1,5-17H2,2-4H3,(H-,20,22,23,24,25). The molecule has 0 aliphatic heterocycles. The highest BCUT2D eigenvalue weighted by Gasteiger charge is 2.14. The van der Waals surface area contributed by atoms with Gasteiger partial charge in [-0.05, 0) is 26.2 Å². The van der Waals surface area contributed by atoms with E-state index in [0.717, 1.165) is 43.4 Å². The monoisotopic (exact) mass is 390 g/mol. The van der Waals surface area contributed by atoms with Gasteiger partial charge in [0.05, 0.1) is 37.3 Å². The number of nitrogens with one attached hydrogen (secondary N) is 1. The molecule has 0 aromatic rings. The summed E-state index contributed by atoms with van der Waals surface area (Å²) in [5, 5.41) is 2.85. The molecule has 26 heavy (non-hydrogen) atoms. The zero-order valence-corrected chi connectivity index (χ0v) is 17.7. The van der Waals surface area contributed by atoms with E-state index in [9.17, 15) is 17.8 Å². The third kappa shape index (κ3) is 16.5. The van der Waals surface area contributed by atoms with Gasteiger partial charge < -0.3 is 14.4 Å². The second kappa shape index (κ2) is 13.3. The van der Waals surface area contributed by atoms with Gasteiger partial charge in [-0.1, -0.05) is 38.7 Å². The van der Waals surface area contributed by atoms with Crippen LogP contribution in [-0.4, -0.2) is 62.8 Å². The molecule has 0 bridgehead atoms. The lowest BCUT2D eigenvalue weighted by Crippen LogP contribution is -2.41. The van der Waals surface area contributed by atoms with E-state index in [1.165, 1.54) is 32.1 Å². The molecule has 0 unspecified atom stereocenters. The van der Waals surface area contributed by atoms with Gasteiger partial charge in [-0.3, -0.25) is 4.79 Å². The largest absolute Gasteiger partial charge is 0.748 e. The summed E-state index contributed by atoms with van der Waals surface area (Å²) in [6, 6.07) is 0. The minimum atomic E-state index is -4.08. The van der Waals surface area contributed by atoms with Crippen molar-refractivity contribution >= 4 is 16.0 Å². The number of quaternary nitrogens is 1. The highest BCUT2D eigenvalue weighted by Crippen LogP contribution is 2.11. The maximum Gasteiger partial charge on any atom is 0.246 e. The van der Waals surface area contributed by atoms with E-state index in [0.29, 0.717) is 12.0 Å². The fourth-order valence-electron chi connectivity index (χ4n) is 2.86. The molecule has 0 atom stereocenters. The van der Waals surface area contributed by atoms with Gasteiger partial charge in [-0.25, -0.2) is 8.42 Å². The van der Waals surface area contributed by atoms with Crippen LogP contribution in [0, 0.1) is 0 Å². The highest BCUT2D eigenvalue weighted by molar-refractivity contribution is 7.85. The highest BCUT2D eigenvalue weighted by atomic mass is 32.2. The Bertz CT molecular complexity index is 516. The third-order valence-corrected chi connectivity index (χ3v) is 5.31. The molecule has 1 amide bonds. The number of hydrogen-bond donors (Lipinski definition) is 1. The van der Waals surface area contributed by atoms with Gasteiger partial charge in [0, 0.05) is 24.3 Å². The van der Waals surface area contributed by atoms with Crippen molar-refractivity contribution in [1.29, 1.82) is 0 Å². The number of carbonyl (C=O) groups excluding carboxylic acids is 1. The summed E-state index contributed by atoms with van der Waals surface area (Å²) >= 11 is 0. The molecule has 0 heterocycles. The second-order valence-corrected chi connectivity index (χ2v) is 9.39. The van der Waals surface area contributed by atoms with E-state index >= 15 is 0 Å². The van der Waals surface area contributed by atoms with Gasteiger partial charge in [-0.15, -0.1) is 0 Å². The molecular weight excluding hydrogens is 352 g/mol. The van der Waals surface area contributed by atoms with Crippen molar-refractivity contribution in [2.45, 2.75) is 64.7 Å². The van der Waals surface area contributed by atoms with Crippen LogP contribution in [0.5, 0.6) is 0 Å². The Morgan fingerprint density at radius 1 is 0.923 bits per heavy atom. The van der Waals surface area contributed by atoms with Crippen molar-refractivity contribution in [2.24, 2.45) is 0 Å². The van der Waals surface area contributed by atoms with E-state index < -0.39 is 10.1 Å². The van der Waals surface area contributed by atoms with Crippen LogP contribution in [0.3, 0.4) is 0 Å². The van der Waals surface area contributed by atoms with Crippen molar-refractivity contribution < 1.29 is 22.2 Å². The molecule has 0 saturated carbocycles. The Morgan fingerprint density at radius 2 is 1.38 bits per heavy atom. The minimum absolute atomic E-state index is 0.0546. The molecule has 6 nitrogen and oxygen atoms in total. The van der Waals surface area contributed by atoms with Crippen LogP contribution in [0.1, 0.15) is 64.7 Å². The zero-order chi connectivity index (χ0) is 20.1. The van der Waals surface area contributed by atoms with Crippen molar-refractivity contribution in [3.8, 4) is 0 Å². The fraction of sp³-hybridized carbons (Fsp3) is 0.842. The van der Waals surface area contributed by atoms with Crippen molar-refractivity contribution in [1.82, 2.24) is 5.32 Å². The van der Waals surface area contributed by atoms with Crippen LogP contribution in [0.15, 0.2) is 12.2 Å². The Morgan fingerprint density at radius 3 is 1.88 bits per heavy atom. The lowest BCUT2D eigenvalue weighted by atomic mass is 10.1. The molecule has 0 aromatic heterocycles. The topological polar surface area (TPSA) is 86.3 Å². The quantitative estimate of drug-likeness (QED) is 0.190. The number of nitrogens with zero attached hydrogens (tertiary/aromatic N) is 1. The van der Waals surface area contributed by atoms with Gasteiger partial charge >= 0.3 is 0 Å². The number of rotatable bonds is 16. The predicted molar refractivity (Wildman–Crippen MR) is 106 cm³/mol. The molecule has 0 radical (unpaired) electrons. The van der Waals surface area contributed by atoms with E-state index in [-0.39, 0.29) is 11.7 Å². The molecule has 0 saturated heterocycles. The summed E-state index contributed by atoms with van der Waals surface area (Å²) in [4.78, 5) is 11.3. The Hall–Kier alpha value is -0.920. The summed E-state index contributed by atoms with van der Waals surface area (Å²) in [5.41, 5.74) is 0.558. The first kappa shape index (κ1) is 25.1. The van der Waals surface area contributed by atoms with Crippen LogP contribution < -0.4 is 5.32 Å². The number of carbonyl (C=O) groups is 1. The zero-order valence-electron chi connectivity index (χ0n) is 16.9. The van der Waals surface area contributed by atoms with Crippen LogP contribution in [-0.2, 0) is 14.9 Å². The molecule has 0 spiro atoms. The first-order valence-corrected chi connectivity index (χ1v) is 11.3. The SMILES string of the molecule is C=C(C)C(=O)NCCCCCCCCCC[N+](C)(C)CCCS(=O)(=O)[O-]. The van der Waals surface area contributed by atoms with Gasteiger partial charge in [-0.2, -0.15) is 0 Å². The van der Waals surface area contributed by atoms with Crippen LogP contribution in [0.2, 0.25) is 0 Å². The van der Waals surface area contributed by atoms with Crippen LogP contribution in [0.25, 0.3) is 0 Å². The van der Waals surface area contributed by atoms with E-state index in [1.54, 1.807) is 6.92 Å². The molecule has 0 aliphatic carbocycles. The molecule has 7 heteroatoms. The fourth-order valence-corrected chi connectivity index (χ4v) is 3.34. The van der Waals surface area contributed by atoms with Crippen LogP contribution in [0.4, 0.5) is 0 Å². The molecule has 0 aliphatic rings. The lowest BCUT2D eigenvalue weighted by molar-refractivity contribution is -0.890. The third-order valence-electron chi connectivity index (χ3n) is 4.52. The summed E-state index contributed by atoms with van der Waals surface area (Å²) < 4.78 is 32.7. The summed E-state index contributed by atoms with van der Waals surface area (Å²) in [6.45, 7) is 7.79. The van der Waals surface area contributed by atoms with Crippen molar-refractivity contribution in [3.63, 3.8) is 0 Å². The molecule has 0 fully saturated rings. The van der Waals surface area contributed by atoms with Gasteiger partial charge in [0.25, 0.3) is 0 Å². The smallest absolute Gasteiger partial charge is 0.246 e. The van der Waals surface area contributed by atoms with Crippen molar-refractivity contribution in [3.05, 3.63) is 12.2 Å². The maximum absolute atomic E-state index is 11.3. The van der Waals surface area contributed by atoms with E-state index in [4.69, 9.17) is 0 Å². The van der Waals surface area contributed by atoms with E-state index in [1.807, 2.05) is 0 Å². The first-order chi connectivity index (χ1) is 12.0. The summed E-state index contributed by atoms with van der Waals surface area (Å²) in [6.07, 6.45) is 9.81. The average Bonchev–Trinajstić information content (AvgIpc) is 2.50. The number of hydrogen-bond acceptors (Lipinski definition) is 4. The normalized spacial score (nSPS) is 12.2. The summed E-state index contributed by atoms with van der Waals surface area (Å²) in [7, 11) is 0.0915. The van der Waals surface area contributed by atoms with E-state index in [2.05, 4.69) is 26.0 Å². The predicted octanol–water partition coefficient (Wildman–Crippen LogP) is 2.81. The number of amides is 1. The Balaban J connectivity index is 3.47. The maximum atomic E-state index is 11.3. The van der Waals surface area contributed by atoms with Crippen LogP contribution >= 0.6 is 0 Å². The second-order valence-electron chi connectivity index (χ2n) is 7.86. The lowest BCUT2D eigenvalue weighted by Gasteiger charge is -2.30. The molecule has 0 aromatic carbocycles. The Labute approximate surface area is 160 Å². The molecule has 0 rings (SSSR count). The first-order valence-electron chi connectivity index (χ1n) is 9.73. The van der Waals surface area contributed by atoms with Gasteiger partial charge in [0.2, 0.25) is 5.91 Å². The van der Waals surface area contributed by atoms with Gasteiger partial charge in [0.15, 0.2) is 0 Å². The van der Waals surface area contributed by atoms with Crippen molar-refractivity contribution in [2.75, 3.05) is 39.5 Å².